The smallest absolute Gasteiger partial charge is 0.270 e. The molecule has 0 spiro atoms. The summed E-state index contributed by atoms with van der Waals surface area (Å²) in [6.07, 6.45) is 4.70. The van der Waals surface area contributed by atoms with Crippen LogP contribution in [0.2, 0.25) is 0 Å². The van der Waals surface area contributed by atoms with Crippen molar-refractivity contribution in [1.82, 2.24) is 0 Å². The minimum absolute atomic E-state index is 0.0924. The summed E-state index contributed by atoms with van der Waals surface area (Å²) in [5.74, 6) is 0.275. The molecule has 2 atom stereocenters. The molecule has 2 rings (SSSR count). The molecule has 1 aliphatic carbocycles. The summed E-state index contributed by atoms with van der Waals surface area (Å²) in [5.41, 5.74) is 1.13. The lowest BCUT2D eigenvalue weighted by Crippen LogP contribution is -2.26. The highest BCUT2D eigenvalue weighted by Gasteiger charge is 2.24. The SMILES string of the molecule is O=[N+]([O-])c1ccc(CC2CCCCC2O)c(Br)c1. The van der Waals surface area contributed by atoms with Crippen LogP contribution < -0.4 is 0 Å². The Kier molecular flexibility index (Phi) is 4.35. The Balaban J connectivity index is 2.11. The van der Waals surface area contributed by atoms with Crippen LogP contribution in [-0.4, -0.2) is 16.1 Å². The van der Waals surface area contributed by atoms with Crippen LogP contribution >= 0.6 is 15.9 Å². The quantitative estimate of drug-likeness (QED) is 0.686. The molecule has 0 aromatic heterocycles. The summed E-state index contributed by atoms with van der Waals surface area (Å²) >= 11 is 3.38. The second-order valence-corrected chi connectivity index (χ2v) is 5.70. The van der Waals surface area contributed by atoms with Gasteiger partial charge in [-0.05, 0) is 30.7 Å². The lowest BCUT2D eigenvalue weighted by molar-refractivity contribution is -0.384. The Labute approximate surface area is 114 Å². The standard InChI is InChI=1S/C13H16BrNO3/c14-12-8-11(15(17)18)6-5-9(12)7-10-3-1-2-4-13(10)16/h5-6,8,10,13,16H,1-4,7H2. The third-order valence-electron chi connectivity index (χ3n) is 3.60. The van der Waals surface area contributed by atoms with Gasteiger partial charge in [-0.1, -0.05) is 34.8 Å². The van der Waals surface area contributed by atoms with Crippen LogP contribution in [0.4, 0.5) is 5.69 Å². The number of hydrogen-bond donors (Lipinski definition) is 1. The van der Waals surface area contributed by atoms with Crippen molar-refractivity contribution in [2.24, 2.45) is 5.92 Å². The van der Waals surface area contributed by atoms with Gasteiger partial charge in [0.1, 0.15) is 0 Å². The first-order valence-electron chi connectivity index (χ1n) is 6.19. The van der Waals surface area contributed by atoms with Gasteiger partial charge < -0.3 is 5.11 Å². The second kappa shape index (κ2) is 5.80. The predicted octanol–water partition coefficient (Wildman–Crippen LogP) is 3.45. The molecule has 1 saturated carbocycles. The summed E-state index contributed by atoms with van der Waals surface area (Å²) in [6.45, 7) is 0. The number of rotatable bonds is 3. The zero-order valence-electron chi connectivity index (χ0n) is 10.0. The number of hydrogen-bond acceptors (Lipinski definition) is 3. The fraction of sp³-hybridized carbons (Fsp3) is 0.538. The van der Waals surface area contributed by atoms with E-state index >= 15 is 0 Å². The molecule has 0 heterocycles. The van der Waals surface area contributed by atoms with E-state index in [0.717, 1.165) is 42.1 Å². The van der Waals surface area contributed by atoms with Crippen molar-refractivity contribution >= 4 is 21.6 Å². The number of benzene rings is 1. The van der Waals surface area contributed by atoms with Crippen LogP contribution in [0.3, 0.4) is 0 Å². The van der Waals surface area contributed by atoms with Crippen LogP contribution in [0.1, 0.15) is 31.2 Å². The predicted molar refractivity (Wildman–Crippen MR) is 72.5 cm³/mol. The van der Waals surface area contributed by atoms with Gasteiger partial charge in [0, 0.05) is 16.6 Å². The van der Waals surface area contributed by atoms with Crippen molar-refractivity contribution in [2.45, 2.75) is 38.2 Å². The number of halogens is 1. The Morgan fingerprint density at radius 3 is 2.72 bits per heavy atom. The van der Waals surface area contributed by atoms with Crippen LogP contribution in [-0.2, 0) is 6.42 Å². The molecule has 1 aromatic carbocycles. The van der Waals surface area contributed by atoms with E-state index in [4.69, 9.17) is 0 Å². The maximum Gasteiger partial charge on any atom is 0.270 e. The molecule has 2 unspecified atom stereocenters. The largest absolute Gasteiger partial charge is 0.393 e. The molecule has 1 aliphatic rings. The summed E-state index contributed by atoms with van der Waals surface area (Å²) in [6, 6.07) is 4.84. The van der Waals surface area contributed by atoms with Gasteiger partial charge in [-0.15, -0.1) is 0 Å². The summed E-state index contributed by atoms with van der Waals surface area (Å²) in [4.78, 5) is 10.3. The maximum absolute atomic E-state index is 10.7. The third kappa shape index (κ3) is 3.09. The lowest BCUT2D eigenvalue weighted by Gasteiger charge is -2.27. The number of aliphatic hydroxyl groups excluding tert-OH is 1. The van der Waals surface area contributed by atoms with Gasteiger partial charge in [-0.25, -0.2) is 0 Å². The lowest BCUT2D eigenvalue weighted by atomic mass is 9.82. The Bertz CT molecular complexity index is 450. The van der Waals surface area contributed by atoms with Gasteiger partial charge in [0.25, 0.3) is 5.69 Å². The minimum atomic E-state index is -0.399. The van der Waals surface area contributed by atoms with Crippen molar-refractivity contribution in [2.75, 3.05) is 0 Å². The van der Waals surface area contributed by atoms with E-state index in [1.54, 1.807) is 6.07 Å². The number of nitro benzene ring substituents is 1. The number of aliphatic hydroxyl groups is 1. The summed E-state index contributed by atoms with van der Waals surface area (Å²) in [7, 11) is 0. The maximum atomic E-state index is 10.7. The van der Waals surface area contributed by atoms with Crippen molar-refractivity contribution in [1.29, 1.82) is 0 Å². The minimum Gasteiger partial charge on any atom is -0.393 e. The number of nitrogens with zero attached hydrogens (tertiary/aromatic N) is 1. The van der Waals surface area contributed by atoms with E-state index < -0.39 is 4.92 Å². The topological polar surface area (TPSA) is 63.4 Å². The fourth-order valence-electron chi connectivity index (χ4n) is 2.52. The van der Waals surface area contributed by atoms with Crippen molar-refractivity contribution < 1.29 is 10.0 Å². The third-order valence-corrected chi connectivity index (χ3v) is 4.34. The highest BCUT2D eigenvalue weighted by Crippen LogP contribution is 2.31. The van der Waals surface area contributed by atoms with Crippen LogP contribution in [0.15, 0.2) is 22.7 Å². The monoisotopic (exact) mass is 313 g/mol. The molecule has 18 heavy (non-hydrogen) atoms. The van der Waals surface area contributed by atoms with Gasteiger partial charge >= 0.3 is 0 Å². The fourth-order valence-corrected chi connectivity index (χ4v) is 3.05. The molecular formula is C13H16BrNO3. The highest BCUT2D eigenvalue weighted by molar-refractivity contribution is 9.10. The molecule has 0 bridgehead atoms. The Morgan fingerprint density at radius 2 is 2.11 bits per heavy atom. The molecule has 0 amide bonds. The molecular weight excluding hydrogens is 298 g/mol. The zero-order chi connectivity index (χ0) is 13.1. The Hall–Kier alpha value is -0.940. The van der Waals surface area contributed by atoms with E-state index in [1.807, 2.05) is 0 Å². The zero-order valence-corrected chi connectivity index (χ0v) is 11.6. The van der Waals surface area contributed by atoms with Gasteiger partial charge in [-0.3, -0.25) is 10.1 Å². The number of nitro groups is 1. The van der Waals surface area contributed by atoms with Crippen LogP contribution in [0.5, 0.6) is 0 Å². The first-order chi connectivity index (χ1) is 8.58. The summed E-state index contributed by atoms with van der Waals surface area (Å²) < 4.78 is 0.759. The van der Waals surface area contributed by atoms with Crippen LogP contribution in [0.25, 0.3) is 0 Å². The normalized spacial score (nSPS) is 23.9. The molecule has 1 aromatic rings. The van der Waals surface area contributed by atoms with Crippen LogP contribution in [0, 0.1) is 16.0 Å². The number of non-ortho nitro benzene ring substituents is 1. The highest BCUT2D eigenvalue weighted by atomic mass is 79.9. The van der Waals surface area contributed by atoms with Crippen molar-refractivity contribution in [3.63, 3.8) is 0 Å². The second-order valence-electron chi connectivity index (χ2n) is 4.85. The average Bonchev–Trinajstić information content (AvgIpc) is 2.34. The Morgan fingerprint density at radius 1 is 1.39 bits per heavy atom. The first kappa shape index (κ1) is 13.5. The molecule has 0 radical (unpaired) electrons. The van der Waals surface area contributed by atoms with E-state index in [-0.39, 0.29) is 17.7 Å². The molecule has 5 heteroatoms. The van der Waals surface area contributed by atoms with Crippen molar-refractivity contribution in [3.05, 3.63) is 38.3 Å². The van der Waals surface area contributed by atoms with Gasteiger partial charge in [0.05, 0.1) is 11.0 Å². The molecule has 0 saturated heterocycles. The molecule has 4 nitrogen and oxygen atoms in total. The van der Waals surface area contributed by atoms with Gasteiger partial charge in [-0.2, -0.15) is 0 Å². The molecule has 1 fully saturated rings. The molecule has 1 N–H and O–H groups in total. The van der Waals surface area contributed by atoms with E-state index in [0.29, 0.717) is 0 Å². The molecule has 98 valence electrons. The molecule has 0 aliphatic heterocycles. The van der Waals surface area contributed by atoms with Crippen molar-refractivity contribution in [3.8, 4) is 0 Å². The average molecular weight is 314 g/mol. The van der Waals surface area contributed by atoms with Gasteiger partial charge in [0.15, 0.2) is 0 Å². The summed E-state index contributed by atoms with van der Waals surface area (Å²) in [5, 5.41) is 20.6. The van der Waals surface area contributed by atoms with E-state index in [2.05, 4.69) is 15.9 Å². The first-order valence-corrected chi connectivity index (χ1v) is 6.98. The van der Waals surface area contributed by atoms with E-state index in [1.165, 1.54) is 12.1 Å². The van der Waals surface area contributed by atoms with Gasteiger partial charge in [0.2, 0.25) is 0 Å². The van der Waals surface area contributed by atoms with E-state index in [9.17, 15) is 15.2 Å².